The maximum absolute atomic E-state index is 13.7. The fourth-order valence-electron chi connectivity index (χ4n) is 4.17. The van der Waals surface area contributed by atoms with Gasteiger partial charge < -0.3 is 4.57 Å². The van der Waals surface area contributed by atoms with Gasteiger partial charge in [-0.15, -0.1) is 10.2 Å². The SMILES string of the molecule is CC(Sc1nnc2c3ccccc3n(C)c2n1)C(=O)N1c2ccccc2Sc2ccccc21. The fourth-order valence-corrected chi connectivity index (χ4v) is 5.98. The number of rotatable bonds is 3. The number of nitrogens with zero attached hydrogens (tertiary/aromatic N) is 5. The van der Waals surface area contributed by atoms with E-state index in [1.807, 2.05) is 84.1 Å². The third kappa shape index (κ3) is 3.29. The zero-order chi connectivity index (χ0) is 22.5. The zero-order valence-corrected chi connectivity index (χ0v) is 19.6. The van der Waals surface area contributed by atoms with Gasteiger partial charge in [0.2, 0.25) is 11.1 Å². The van der Waals surface area contributed by atoms with Gasteiger partial charge in [-0.3, -0.25) is 9.69 Å². The average molecular weight is 470 g/mol. The maximum atomic E-state index is 13.7. The molecular formula is C25H19N5OS2. The van der Waals surface area contributed by atoms with Crippen LogP contribution in [0.5, 0.6) is 0 Å². The van der Waals surface area contributed by atoms with Crippen molar-refractivity contribution >= 4 is 62.9 Å². The summed E-state index contributed by atoms with van der Waals surface area (Å²) in [4.78, 5) is 22.4. The smallest absolute Gasteiger partial charge is 0.244 e. The number of para-hydroxylation sites is 3. The first kappa shape index (κ1) is 20.3. The third-order valence-corrected chi connectivity index (χ3v) is 7.84. The Morgan fingerprint density at radius 3 is 2.27 bits per heavy atom. The molecule has 1 atom stereocenters. The lowest BCUT2D eigenvalue weighted by Crippen LogP contribution is -2.34. The van der Waals surface area contributed by atoms with Crippen LogP contribution in [0.4, 0.5) is 11.4 Å². The number of aryl methyl sites for hydroxylation is 1. The molecule has 0 saturated heterocycles. The van der Waals surface area contributed by atoms with Crippen LogP contribution < -0.4 is 4.90 Å². The highest BCUT2D eigenvalue weighted by molar-refractivity contribution is 8.00. The molecule has 0 radical (unpaired) electrons. The molecule has 1 amide bonds. The van der Waals surface area contributed by atoms with Crippen LogP contribution in [0, 0.1) is 0 Å². The molecule has 8 heteroatoms. The quantitative estimate of drug-likeness (QED) is 0.310. The molecule has 0 spiro atoms. The van der Waals surface area contributed by atoms with Gasteiger partial charge in [-0.2, -0.15) is 0 Å². The van der Waals surface area contributed by atoms with Crippen LogP contribution >= 0.6 is 23.5 Å². The summed E-state index contributed by atoms with van der Waals surface area (Å²) in [6, 6.07) is 24.1. The number of thioether (sulfide) groups is 1. The maximum Gasteiger partial charge on any atom is 0.244 e. The second-order valence-corrected chi connectivity index (χ2v) is 10.2. The Kier molecular flexibility index (Phi) is 4.85. The predicted molar refractivity (Wildman–Crippen MR) is 133 cm³/mol. The van der Waals surface area contributed by atoms with Crippen molar-refractivity contribution in [3.05, 3.63) is 72.8 Å². The van der Waals surface area contributed by atoms with Crippen molar-refractivity contribution in [2.75, 3.05) is 4.90 Å². The largest absolute Gasteiger partial charge is 0.327 e. The second kappa shape index (κ2) is 7.90. The molecule has 1 aliphatic heterocycles. The number of amides is 1. The van der Waals surface area contributed by atoms with Crippen molar-refractivity contribution in [2.45, 2.75) is 27.1 Å². The lowest BCUT2D eigenvalue weighted by Gasteiger charge is -2.32. The van der Waals surface area contributed by atoms with Crippen molar-refractivity contribution in [2.24, 2.45) is 7.05 Å². The number of carbonyl (C=O) groups is 1. The van der Waals surface area contributed by atoms with Crippen LogP contribution in [0.1, 0.15) is 6.92 Å². The molecule has 2 aromatic heterocycles. The van der Waals surface area contributed by atoms with E-state index in [2.05, 4.69) is 22.3 Å². The van der Waals surface area contributed by atoms with E-state index in [-0.39, 0.29) is 5.91 Å². The first-order chi connectivity index (χ1) is 16.1. The zero-order valence-electron chi connectivity index (χ0n) is 18.0. The fraction of sp³-hybridized carbons (Fsp3) is 0.120. The van der Waals surface area contributed by atoms with Gasteiger partial charge in [0.25, 0.3) is 0 Å². The molecule has 6 rings (SSSR count). The molecule has 0 N–H and O–H groups in total. The van der Waals surface area contributed by atoms with Gasteiger partial charge in [-0.1, -0.05) is 66.0 Å². The second-order valence-electron chi connectivity index (χ2n) is 7.81. The normalized spacial score (nSPS) is 13.7. The molecule has 33 heavy (non-hydrogen) atoms. The van der Waals surface area contributed by atoms with Crippen molar-refractivity contribution in [1.29, 1.82) is 0 Å². The van der Waals surface area contributed by atoms with Crippen LogP contribution in [0.3, 0.4) is 0 Å². The van der Waals surface area contributed by atoms with Gasteiger partial charge in [0.15, 0.2) is 5.65 Å². The molecular weight excluding hydrogens is 450 g/mol. The lowest BCUT2D eigenvalue weighted by atomic mass is 10.2. The van der Waals surface area contributed by atoms with Crippen molar-refractivity contribution in [1.82, 2.24) is 19.7 Å². The molecule has 0 bridgehead atoms. The molecule has 1 unspecified atom stereocenters. The van der Waals surface area contributed by atoms with Gasteiger partial charge in [0.05, 0.1) is 22.1 Å². The Bertz CT molecular complexity index is 1500. The van der Waals surface area contributed by atoms with Crippen LogP contribution in [0.25, 0.3) is 22.1 Å². The number of anilines is 2. The van der Waals surface area contributed by atoms with Crippen molar-refractivity contribution in [3.63, 3.8) is 0 Å². The number of aromatic nitrogens is 4. The highest BCUT2D eigenvalue weighted by Crippen LogP contribution is 2.48. The minimum atomic E-state index is -0.400. The number of hydrogen-bond donors (Lipinski definition) is 0. The van der Waals surface area contributed by atoms with Gasteiger partial charge in [0, 0.05) is 22.2 Å². The van der Waals surface area contributed by atoms with E-state index in [9.17, 15) is 4.79 Å². The summed E-state index contributed by atoms with van der Waals surface area (Å²) in [7, 11) is 1.97. The predicted octanol–water partition coefficient (Wildman–Crippen LogP) is 5.83. The summed E-state index contributed by atoms with van der Waals surface area (Å²) < 4.78 is 2.02. The molecule has 0 fully saturated rings. The van der Waals surface area contributed by atoms with Gasteiger partial charge >= 0.3 is 0 Å². The number of fused-ring (bicyclic) bond motifs is 5. The molecule has 6 nitrogen and oxygen atoms in total. The number of benzene rings is 3. The van der Waals surface area contributed by atoms with Gasteiger partial charge in [0.1, 0.15) is 5.52 Å². The summed E-state index contributed by atoms with van der Waals surface area (Å²) in [5, 5.41) is 9.90. The van der Waals surface area contributed by atoms with Crippen LogP contribution in [-0.4, -0.2) is 30.9 Å². The standard InChI is InChI=1S/C25H19N5OS2/c1-15(32-25-26-23-22(27-28-25)16-9-3-4-10-17(16)29(23)2)24(31)30-18-11-5-7-13-20(18)33-21-14-8-6-12-19(21)30/h3-15H,1-2H3. The highest BCUT2D eigenvalue weighted by Gasteiger charge is 2.31. The van der Waals surface area contributed by atoms with E-state index in [4.69, 9.17) is 4.98 Å². The highest BCUT2D eigenvalue weighted by atomic mass is 32.2. The minimum absolute atomic E-state index is 0.0130. The van der Waals surface area contributed by atoms with Crippen molar-refractivity contribution in [3.8, 4) is 0 Å². The monoisotopic (exact) mass is 469 g/mol. The Morgan fingerprint density at radius 2 is 1.55 bits per heavy atom. The lowest BCUT2D eigenvalue weighted by molar-refractivity contribution is -0.117. The van der Waals surface area contributed by atoms with Crippen LogP contribution in [0.15, 0.2) is 87.7 Å². The van der Waals surface area contributed by atoms with Gasteiger partial charge in [-0.25, -0.2) is 4.98 Å². The summed E-state index contributed by atoms with van der Waals surface area (Å²) in [5.41, 5.74) is 4.40. The summed E-state index contributed by atoms with van der Waals surface area (Å²) >= 11 is 3.02. The summed E-state index contributed by atoms with van der Waals surface area (Å²) in [6.45, 7) is 1.90. The van der Waals surface area contributed by atoms with E-state index in [0.29, 0.717) is 5.16 Å². The number of carbonyl (C=O) groups excluding carboxylic acids is 1. The van der Waals surface area contributed by atoms with Gasteiger partial charge in [-0.05, 0) is 37.3 Å². The Labute approximate surface area is 199 Å². The van der Waals surface area contributed by atoms with E-state index < -0.39 is 5.25 Å². The van der Waals surface area contributed by atoms with E-state index >= 15 is 0 Å². The van der Waals surface area contributed by atoms with Crippen LogP contribution in [-0.2, 0) is 11.8 Å². The average Bonchev–Trinajstić information content (AvgIpc) is 3.13. The van der Waals surface area contributed by atoms with E-state index in [0.717, 1.165) is 43.2 Å². The molecule has 3 heterocycles. The molecule has 0 aliphatic carbocycles. The minimum Gasteiger partial charge on any atom is -0.327 e. The summed E-state index contributed by atoms with van der Waals surface area (Å²) in [5.74, 6) is -0.0130. The molecule has 3 aromatic carbocycles. The number of hydrogen-bond acceptors (Lipinski definition) is 6. The van der Waals surface area contributed by atoms with E-state index in [1.165, 1.54) is 11.8 Å². The first-order valence-electron chi connectivity index (χ1n) is 10.6. The van der Waals surface area contributed by atoms with E-state index in [1.54, 1.807) is 11.8 Å². The first-order valence-corrected chi connectivity index (χ1v) is 12.3. The Hall–Kier alpha value is -3.36. The Balaban J connectivity index is 1.35. The van der Waals surface area contributed by atoms with Crippen molar-refractivity contribution < 1.29 is 4.79 Å². The third-order valence-electron chi connectivity index (χ3n) is 5.77. The molecule has 5 aromatic rings. The van der Waals surface area contributed by atoms with Crippen LogP contribution in [0.2, 0.25) is 0 Å². The Morgan fingerprint density at radius 1 is 0.909 bits per heavy atom. The molecule has 1 aliphatic rings. The topological polar surface area (TPSA) is 63.9 Å². The summed E-state index contributed by atoms with van der Waals surface area (Å²) in [6.07, 6.45) is 0. The molecule has 0 saturated carbocycles. The molecule has 162 valence electrons.